The first kappa shape index (κ1) is 16.0. The van der Waals surface area contributed by atoms with Crippen molar-refractivity contribution in [1.29, 1.82) is 0 Å². The van der Waals surface area contributed by atoms with E-state index >= 15 is 0 Å². The molecular weight excluding hydrogens is 194 g/mol. The van der Waals surface area contributed by atoms with Crippen LogP contribution in [0.15, 0.2) is 0 Å². The largest absolute Gasteiger partial charge is 0.320 e. The minimum absolute atomic E-state index is 0.982. The van der Waals surface area contributed by atoms with E-state index in [1.807, 2.05) is 0 Å². The van der Waals surface area contributed by atoms with Crippen molar-refractivity contribution < 1.29 is 0 Å². The van der Waals surface area contributed by atoms with Crippen LogP contribution in [-0.4, -0.2) is 13.6 Å². The molecule has 98 valence electrons. The van der Waals surface area contributed by atoms with Crippen LogP contribution in [0.25, 0.3) is 0 Å². The van der Waals surface area contributed by atoms with Crippen LogP contribution in [0.3, 0.4) is 0 Å². The van der Waals surface area contributed by atoms with E-state index in [4.69, 9.17) is 0 Å². The zero-order valence-corrected chi connectivity index (χ0v) is 11.9. The maximum absolute atomic E-state index is 3.29. The van der Waals surface area contributed by atoms with Crippen LogP contribution in [0.5, 0.6) is 0 Å². The van der Waals surface area contributed by atoms with Crippen molar-refractivity contribution in [1.82, 2.24) is 5.32 Å². The lowest BCUT2D eigenvalue weighted by molar-refractivity contribution is 0.381. The van der Waals surface area contributed by atoms with E-state index in [1.165, 1.54) is 70.8 Å². The summed E-state index contributed by atoms with van der Waals surface area (Å²) in [6.45, 7) is 5.79. The van der Waals surface area contributed by atoms with Crippen molar-refractivity contribution in [2.75, 3.05) is 13.6 Å². The van der Waals surface area contributed by atoms with Gasteiger partial charge in [0.25, 0.3) is 0 Å². The summed E-state index contributed by atoms with van der Waals surface area (Å²) in [6, 6.07) is 0. The molecule has 0 aromatic heterocycles. The second kappa shape index (κ2) is 13.0. The summed E-state index contributed by atoms with van der Waals surface area (Å²) in [7, 11) is 2.07. The highest BCUT2D eigenvalue weighted by molar-refractivity contribution is 4.61. The highest BCUT2D eigenvalue weighted by atomic mass is 14.8. The SMILES string of the molecule is CCCCCCC(CCCCC)CCNC. The molecule has 0 radical (unpaired) electrons. The molecule has 0 amide bonds. The molecule has 0 heterocycles. The Morgan fingerprint density at radius 3 is 1.88 bits per heavy atom. The van der Waals surface area contributed by atoms with Crippen LogP contribution >= 0.6 is 0 Å². The predicted molar refractivity (Wildman–Crippen MR) is 74.9 cm³/mol. The van der Waals surface area contributed by atoms with E-state index in [0.29, 0.717) is 0 Å². The van der Waals surface area contributed by atoms with Gasteiger partial charge in [-0.05, 0) is 25.9 Å². The van der Waals surface area contributed by atoms with E-state index in [2.05, 4.69) is 26.2 Å². The van der Waals surface area contributed by atoms with Crippen molar-refractivity contribution in [2.45, 2.75) is 78.1 Å². The quantitative estimate of drug-likeness (QED) is 0.474. The molecule has 1 nitrogen and oxygen atoms in total. The van der Waals surface area contributed by atoms with Crippen LogP contribution in [0.4, 0.5) is 0 Å². The van der Waals surface area contributed by atoms with Crippen LogP contribution in [0.1, 0.15) is 78.1 Å². The normalized spacial score (nSPS) is 12.9. The zero-order valence-electron chi connectivity index (χ0n) is 11.9. The van der Waals surface area contributed by atoms with Gasteiger partial charge in [-0.25, -0.2) is 0 Å². The summed E-state index contributed by atoms with van der Waals surface area (Å²) in [5.74, 6) is 0.982. The number of unbranched alkanes of at least 4 members (excludes halogenated alkanes) is 5. The Hall–Kier alpha value is -0.0400. The lowest BCUT2D eigenvalue weighted by Crippen LogP contribution is -2.13. The van der Waals surface area contributed by atoms with E-state index in [1.54, 1.807) is 0 Å². The molecule has 0 aliphatic carbocycles. The summed E-state index contributed by atoms with van der Waals surface area (Å²) in [5.41, 5.74) is 0. The van der Waals surface area contributed by atoms with E-state index in [0.717, 1.165) is 5.92 Å². The van der Waals surface area contributed by atoms with Crippen LogP contribution in [0, 0.1) is 5.92 Å². The fourth-order valence-electron chi connectivity index (χ4n) is 2.32. The van der Waals surface area contributed by atoms with E-state index in [9.17, 15) is 0 Å². The molecule has 0 saturated carbocycles. The van der Waals surface area contributed by atoms with Crippen molar-refractivity contribution in [3.8, 4) is 0 Å². The molecule has 0 aliphatic rings. The van der Waals surface area contributed by atoms with Crippen LogP contribution in [-0.2, 0) is 0 Å². The summed E-state index contributed by atoms with van der Waals surface area (Å²) in [4.78, 5) is 0. The fourth-order valence-corrected chi connectivity index (χ4v) is 2.32. The van der Waals surface area contributed by atoms with Crippen LogP contribution in [0.2, 0.25) is 0 Å². The van der Waals surface area contributed by atoms with Crippen LogP contribution < -0.4 is 5.32 Å². The Balaban J connectivity index is 3.54. The molecule has 0 aromatic rings. The first-order chi connectivity index (χ1) is 7.85. The van der Waals surface area contributed by atoms with Crippen molar-refractivity contribution in [3.63, 3.8) is 0 Å². The summed E-state index contributed by atoms with van der Waals surface area (Å²) < 4.78 is 0. The van der Waals surface area contributed by atoms with E-state index in [-0.39, 0.29) is 0 Å². The Morgan fingerprint density at radius 2 is 1.31 bits per heavy atom. The molecular formula is C15H33N. The van der Waals surface area contributed by atoms with Gasteiger partial charge in [-0.15, -0.1) is 0 Å². The molecule has 0 spiro atoms. The molecule has 0 fully saturated rings. The number of rotatable bonds is 12. The number of hydrogen-bond donors (Lipinski definition) is 1. The Morgan fingerprint density at radius 1 is 0.750 bits per heavy atom. The van der Waals surface area contributed by atoms with Gasteiger partial charge in [0.2, 0.25) is 0 Å². The average molecular weight is 227 g/mol. The standard InChI is InChI=1S/C15H33N/c1-4-6-8-10-12-15(13-14-16-3)11-9-7-5-2/h15-16H,4-14H2,1-3H3. The maximum atomic E-state index is 3.29. The molecule has 1 heteroatoms. The van der Waals surface area contributed by atoms with Gasteiger partial charge in [0.15, 0.2) is 0 Å². The molecule has 1 atom stereocenters. The van der Waals surface area contributed by atoms with Gasteiger partial charge >= 0.3 is 0 Å². The van der Waals surface area contributed by atoms with E-state index < -0.39 is 0 Å². The monoisotopic (exact) mass is 227 g/mol. The van der Waals surface area contributed by atoms with Gasteiger partial charge in [0.1, 0.15) is 0 Å². The smallest absolute Gasteiger partial charge is 0.00493 e. The molecule has 0 rings (SSSR count). The number of hydrogen-bond acceptors (Lipinski definition) is 1. The molecule has 0 aromatic carbocycles. The third-order valence-electron chi connectivity index (χ3n) is 3.48. The topological polar surface area (TPSA) is 12.0 Å². The summed E-state index contributed by atoms with van der Waals surface area (Å²) in [5, 5.41) is 3.29. The second-order valence-electron chi connectivity index (χ2n) is 5.10. The first-order valence-corrected chi connectivity index (χ1v) is 7.49. The lowest BCUT2D eigenvalue weighted by Gasteiger charge is -2.16. The average Bonchev–Trinajstić information content (AvgIpc) is 2.31. The van der Waals surface area contributed by atoms with Gasteiger partial charge < -0.3 is 5.32 Å². The highest BCUT2D eigenvalue weighted by Crippen LogP contribution is 2.20. The van der Waals surface area contributed by atoms with Gasteiger partial charge in [0.05, 0.1) is 0 Å². The molecule has 0 saturated heterocycles. The fraction of sp³-hybridized carbons (Fsp3) is 1.00. The predicted octanol–water partition coefficient (Wildman–Crippen LogP) is 4.76. The Labute approximate surface area is 103 Å². The van der Waals surface area contributed by atoms with Crippen molar-refractivity contribution in [2.24, 2.45) is 5.92 Å². The lowest BCUT2D eigenvalue weighted by atomic mass is 9.92. The molecule has 0 bridgehead atoms. The molecule has 0 aliphatic heterocycles. The summed E-state index contributed by atoms with van der Waals surface area (Å²) in [6.07, 6.45) is 14.2. The zero-order chi connectivity index (χ0) is 12.1. The maximum Gasteiger partial charge on any atom is -0.00493 e. The highest BCUT2D eigenvalue weighted by Gasteiger charge is 2.07. The Bertz CT molecular complexity index is 123. The van der Waals surface area contributed by atoms with Gasteiger partial charge in [0, 0.05) is 0 Å². The second-order valence-corrected chi connectivity index (χ2v) is 5.10. The molecule has 16 heavy (non-hydrogen) atoms. The van der Waals surface area contributed by atoms with Gasteiger partial charge in [-0.1, -0.05) is 71.6 Å². The summed E-state index contributed by atoms with van der Waals surface area (Å²) >= 11 is 0. The minimum atomic E-state index is 0.982. The van der Waals surface area contributed by atoms with Crippen molar-refractivity contribution >= 4 is 0 Å². The first-order valence-electron chi connectivity index (χ1n) is 7.49. The molecule has 1 N–H and O–H groups in total. The van der Waals surface area contributed by atoms with Crippen molar-refractivity contribution in [3.05, 3.63) is 0 Å². The molecule has 1 unspecified atom stereocenters. The third kappa shape index (κ3) is 10.5. The number of nitrogens with one attached hydrogen (secondary N) is 1. The third-order valence-corrected chi connectivity index (χ3v) is 3.48. The van der Waals surface area contributed by atoms with Gasteiger partial charge in [-0.3, -0.25) is 0 Å². The minimum Gasteiger partial charge on any atom is -0.320 e. The van der Waals surface area contributed by atoms with Gasteiger partial charge in [-0.2, -0.15) is 0 Å². The Kier molecular flexibility index (Phi) is 13.0.